The fourth-order valence-corrected chi connectivity index (χ4v) is 1.75. The number of esters is 1. The first-order valence-electron chi connectivity index (χ1n) is 6.13. The average Bonchev–Trinajstić information content (AvgIpc) is 2.35. The zero-order valence-corrected chi connectivity index (χ0v) is 11.2. The normalized spacial score (nSPS) is 10.7. The summed E-state index contributed by atoms with van der Waals surface area (Å²) in [7, 11) is 3.25. The van der Waals surface area contributed by atoms with E-state index in [-0.39, 0.29) is 5.56 Å². The molecule has 1 rings (SSSR count). The van der Waals surface area contributed by atoms with Gasteiger partial charge in [-0.05, 0) is 37.7 Å². The van der Waals surface area contributed by atoms with Gasteiger partial charge in [-0.1, -0.05) is 19.4 Å². The van der Waals surface area contributed by atoms with Crippen molar-refractivity contribution in [3.05, 3.63) is 35.1 Å². The first-order chi connectivity index (χ1) is 8.58. The summed E-state index contributed by atoms with van der Waals surface area (Å²) >= 11 is 0. The Hall–Kier alpha value is -1.42. The van der Waals surface area contributed by atoms with E-state index in [9.17, 15) is 9.18 Å². The van der Waals surface area contributed by atoms with E-state index in [1.807, 2.05) is 7.05 Å². The Kier molecular flexibility index (Phi) is 5.78. The van der Waals surface area contributed by atoms with Crippen molar-refractivity contribution in [2.45, 2.75) is 26.3 Å². The number of carbonyl (C=O) groups excluding carboxylic acids is 1. The molecule has 0 N–H and O–H groups in total. The lowest BCUT2D eigenvalue weighted by atomic mass is 10.1. The third-order valence-corrected chi connectivity index (χ3v) is 2.78. The Morgan fingerprint density at radius 2 is 2.17 bits per heavy atom. The fourth-order valence-electron chi connectivity index (χ4n) is 1.75. The first kappa shape index (κ1) is 14.6. The van der Waals surface area contributed by atoms with Gasteiger partial charge >= 0.3 is 5.97 Å². The van der Waals surface area contributed by atoms with E-state index in [1.54, 1.807) is 6.07 Å². The molecule has 18 heavy (non-hydrogen) atoms. The topological polar surface area (TPSA) is 29.5 Å². The number of nitrogens with zero attached hydrogens (tertiary/aromatic N) is 1. The van der Waals surface area contributed by atoms with E-state index in [0.29, 0.717) is 6.54 Å². The molecule has 4 heteroatoms. The maximum absolute atomic E-state index is 13.7. The summed E-state index contributed by atoms with van der Waals surface area (Å²) in [6.07, 6.45) is 2.26. The van der Waals surface area contributed by atoms with E-state index in [4.69, 9.17) is 0 Å². The Balaban J connectivity index is 2.69. The molecule has 0 radical (unpaired) electrons. The molecule has 3 nitrogen and oxygen atoms in total. The number of carbonyl (C=O) groups is 1. The second-order valence-corrected chi connectivity index (χ2v) is 4.40. The maximum atomic E-state index is 13.7. The zero-order chi connectivity index (χ0) is 13.5. The molecule has 0 heterocycles. The van der Waals surface area contributed by atoms with Crippen LogP contribution in [0.5, 0.6) is 0 Å². The minimum atomic E-state index is -0.640. The molecule has 1 aromatic carbocycles. The monoisotopic (exact) mass is 253 g/mol. The highest BCUT2D eigenvalue weighted by Gasteiger charge is 2.12. The van der Waals surface area contributed by atoms with Gasteiger partial charge in [-0.2, -0.15) is 0 Å². The van der Waals surface area contributed by atoms with Crippen LogP contribution in [-0.4, -0.2) is 31.6 Å². The Bertz CT molecular complexity index is 407. The van der Waals surface area contributed by atoms with Gasteiger partial charge in [-0.3, -0.25) is 0 Å². The SMILES string of the molecule is CCCCN(C)Cc1ccc(C(=O)OC)c(F)c1. The lowest BCUT2D eigenvalue weighted by molar-refractivity contribution is 0.0595. The molecule has 0 aromatic heterocycles. The minimum absolute atomic E-state index is 0.0162. The van der Waals surface area contributed by atoms with Crippen molar-refractivity contribution in [2.75, 3.05) is 20.7 Å². The number of hydrogen-bond donors (Lipinski definition) is 0. The molecule has 1 aromatic rings. The van der Waals surface area contributed by atoms with Crippen molar-refractivity contribution >= 4 is 5.97 Å². The van der Waals surface area contributed by atoms with Crippen molar-refractivity contribution in [3.63, 3.8) is 0 Å². The number of rotatable bonds is 6. The predicted molar refractivity (Wildman–Crippen MR) is 69.0 cm³/mol. The van der Waals surface area contributed by atoms with E-state index in [0.717, 1.165) is 24.9 Å². The van der Waals surface area contributed by atoms with Crippen LogP contribution < -0.4 is 0 Å². The molecule has 0 unspecified atom stereocenters. The number of hydrogen-bond acceptors (Lipinski definition) is 3. The second kappa shape index (κ2) is 7.11. The lowest BCUT2D eigenvalue weighted by Crippen LogP contribution is -2.19. The first-order valence-corrected chi connectivity index (χ1v) is 6.13. The van der Waals surface area contributed by atoms with Gasteiger partial charge in [0, 0.05) is 6.54 Å². The van der Waals surface area contributed by atoms with Crippen LogP contribution in [0.4, 0.5) is 4.39 Å². The van der Waals surface area contributed by atoms with Crippen molar-refractivity contribution in [1.82, 2.24) is 4.90 Å². The number of halogens is 1. The Labute approximate surface area is 108 Å². The molecule has 0 fully saturated rings. The van der Waals surface area contributed by atoms with E-state index < -0.39 is 11.8 Å². The molecule has 100 valence electrons. The van der Waals surface area contributed by atoms with E-state index >= 15 is 0 Å². The van der Waals surface area contributed by atoms with Gasteiger partial charge in [-0.15, -0.1) is 0 Å². The highest BCUT2D eigenvalue weighted by Crippen LogP contribution is 2.13. The van der Waals surface area contributed by atoms with Gasteiger partial charge < -0.3 is 9.64 Å². The smallest absolute Gasteiger partial charge is 0.340 e. The van der Waals surface area contributed by atoms with Gasteiger partial charge in [0.1, 0.15) is 5.82 Å². The van der Waals surface area contributed by atoms with Gasteiger partial charge in [0.25, 0.3) is 0 Å². The fraction of sp³-hybridized carbons (Fsp3) is 0.500. The van der Waals surface area contributed by atoms with Crippen LogP contribution >= 0.6 is 0 Å². The molecule has 0 saturated carbocycles. The molecular formula is C14H20FNO2. The van der Waals surface area contributed by atoms with Crippen LogP contribution in [0, 0.1) is 5.82 Å². The molecule has 0 aliphatic carbocycles. The van der Waals surface area contributed by atoms with Crippen LogP contribution in [0.1, 0.15) is 35.7 Å². The summed E-state index contributed by atoms with van der Waals surface area (Å²) in [6.45, 7) is 3.80. The molecular weight excluding hydrogens is 233 g/mol. The summed E-state index contributed by atoms with van der Waals surface area (Å²) in [5.74, 6) is -1.17. The number of ether oxygens (including phenoxy) is 1. The standard InChI is InChI=1S/C14H20FNO2/c1-4-5-8-16(2)10-11-6-7-12(13(15)9-11)14(17)18-3/h6-7,9H,4-5,8,10H2,1-3H3. The molecule has 0 saturated heterocycles. The average molecular weight is 253 g/mol. The summed E-state index contributed by atoms with van der Waals surface area (Å²) in [6, 6.07) is 4.64. The van der Waals surface area contributed by atoms with Gasteiger partial charge in [0.15, 0.2) is 0 Å². The van der Waals surface area contributed by atoms with Gasteiger partial charge in [0.2, 0.25) is 0 Å². The minimum Gasteiger partial charge on any atom is -0.465 e. The van der Waals surface area contributed by atoms with Crippen LogP contribution in [0.15, 0.2) is 18.2 Å². The molecule has 0 aliphatic heterocycles. The molecule has 0 atom stereocenters. The van der Waals surface area contributed by atoms with Crippen molar-refractivity contribution in [3.8, 4) is 0 Å². The van der Waals surface area contributed by atoms with E-state index in [2.05, 4.69) is 16.6 Å². The molecule has 0 aliphatic rings. The van der Waals surface area contributed by atoms with Gasteiger partial charge in [0.05, 0.1) is 12.7 Å². The van der Waals surface area contributed by atoms with E-state index in [1.165, 1.54) is 19.2 Å². The highest BCUT2D eigenvalue weighted by molar-refractivity contribution is 5.89. The van der Waals surface area contributed by atoms with Crippen molar-refractivity contribution in [2.24, 2.45) is 0 Å². The zero-order valence-electron chi connectivity index (χ0n) is 11.2. The summed E-state index contributed by atoms with van der Waals surface area (Å²) in [5, 5.41) is 0. The Morgan fingerprint density at radius 3 is 2.72 bits per heavy atom. The number of unbranched alkanes of at least 4 members (excludes halogenated alkanes) is 1. The number of methoxy groups -OCH3 is 1. The third kappa shape index (κ3) is 4.11. The maximum Gasteiger partial charge on any atom is 0.340 e. The van der Waals surface area contributed by atoms with Crippen LogP contribution in [0.3, 0.4) is 0 Å². The van der Waals surface area contributed by atoms with Gasteiger partial charge in [-0.25, -0.2) is 9.18 Å². The van der Waals surface area contributed by atoms with Crippen molar-refractivity contribution < 1.29 is 13.9 Å². The van der Waals surface area contributed by atoms with Crippen molar-refractivity contribution in [1.29, 1.82) is 0 Å². The van der Waals surface area contributed by atoms with Crippen LogP contribution in [0.25, 0.3) is 0 Å². The van der Waals surface area contributed by atoms with Crippen LogP contribution in [0.2, 0.25) is 0 Å². The molecule has 0 bridgehead atoms. The summed E-state index contributed by atoms with van der Waals surface area (Å²) < 4.78 is 18.2. The Morgan fingerprint density at radius 1 is 1.44 bits per heavy atom. The molecule has 0 amide bonds. The third-order valence-electron chi connectivity index (χ3n) is 2.78. The summed E-state index contributed by atoms with van der Waals surface area (Å²) in [4.78, 5) is 13.4. The lowest BCUT2D eigenvalue weighted by Gasteiger charge is -2.16. The van der Waals surface area contributed by atoms with Crippen LogP contribution in [-0.2, 0) is 11.3 Å². The second-order valence-electron chi connectivity index (χ2n) is 4.40. The quantitative estimate of drug-likeness (QED) is 0.730. The highest BCUT2D eigenvalue weighted by atomic mass is 19.1. The number of benzene rings is 1. The summed E-state index contributed by atoms with van der Waals surface area (Å²) in [5.41, 5.74) is 0.844. The largest absolute Gasteiger partial charge is 0.465 e. The predicted octanol–water partition coefficient (Wildman–Crippen LogP) is 2.84. The molecule has 0 spiro atoms.